The first-order valence-electron chi connectivity index (χ1n) is 4.05. The third kappa shape index (κ3) is 2.18. The summed E-state index contributed by atoms with van der Waals surface area (Å²) in [5.41, 5.74) is 0.182. The molecule has 7 heteroatoms. The molecule has 15 heavy (non-hydrogen) atoms. The number of aromatic nitrogens is 3. The van der Waals surface area contributed by atoms with E-state index in [4.69, 9.17) is 9.52 Å². The molecule has 0 aromatic carbocycles. The van der Waals surface area contributed by atoms with Gasteiger partial charge in [0, 0.05) is 0 Å². The number of nitrogens with zero attached hydrogens (tertiary/aromatic N) is 2. The normalized spacial score (nSPS) is 10.4. The van der Waals surface area contributed by atoms with Crippen molar-refractivity contribution in [2.24, 2.45) is 0 Å². The molecular formula is C8H7N3O3S. The summed E-state index contributed by atoms with van der Waals surface area (Å²) in [4.78, 5) is 14.6. The SMILES string of the molecule is O=C(O)c1ccoc1CSc1ncn[nH]1. The predicted octanol–water partition coefficient (Wildman–Crippen LogP) is 1.39. The van der Waals surface area contributed by atoms with E-state index in [9.17, 15) is 4.79 Å². The van der Waals surface area contributed by atoms with Crippen molar-refractivity contribution in [3.8, 4) is 0 Å². The Morgan fingerprint density at radius 3 is 3.20 bits per heavy atom. The van der Waals surface area contributed by atoms with Crippen LogP contribution >= 0.6 is 11.8 Å². The monoisotopic (exact) mass is 225 g/mol. The van der Waals surface area contributed by atoms with Crippen molar-refractivity contribution in [2.45, 2.75) is 10.9 Å². The maximum atomic E-state index is 10.7. The molecule has 2 aromatic heterocycles. The van der Waals surface area contributed by atoms with Crippen molar-refractivity contribution < 1.29 is 14.3 Å². The van der Waals surface area contributed by atoms with Crippen molar-refractivity contribution >= 4 is 17.7 Å². The minimum absolute atomic E-state index is 0.182. The van der Waals surface area contributed by atoms with Crippen molar-refractivity contribution in [1.29, 1.82) is 0 Å². The topological polar surface area (TPSA) is 92.0 Å². The molecule has 0 saturated carbocycles. The van der Waals surface area contributed by atoms with Crippen LogP contribution in [0.3, 0.4) is 0 Å². The number of furan rings is 1. The number of hydrogen-bond donors (Lipinski definition) is 2. The van der Waals surface area contributed by atoms with Gasteiger partial charge in [0.2, 0.25) is 0 Å². The van der Waals surface area contributed by atoms with Gasteiger partial charge in [-0.25, -0.2) is 9.78 Å². The molecule has 0 aliphatic carbocycles. The number of carbonyl (C=O) groups is 1. The van der Waals surface area contributed by atoms with Crippen LogP contribution in [0.5, 0.6) is 0 Å². The summed E-state index contributed by atoms with van der Waals surface area (Å²) in [6.45, 7) is 0. The summed E-state index contributed by atoms with van der Waals surface area (Å²) in [6.07, 6.45) is 2.75. The lowest BCUT2D eigenvalue weighted by Crippen LogP contribution is -1.97. The number of aromatic amines is 1. The number of thioether (sulfide) groups is 1. The first-order chi connectivity index (χ1) is 7.27. The molecule has 0 aliphatic heterocycles. The van der Waals surface area contributed by atoms with Gasteiger partial charge in [0.25, 0.3) is 0 Å². The highest BCUT2D eigenvalue weighted by Gasteiger charge is 2.13. The number of H-pyrrole nitrogens is 1. The quantitative estimate of drug-likeness (QED) is 0.764. The summed E-state index contributed by atoms with van der Waals surface area (Å²) in [5.74, 6) is -0.162. The Labute approximate surface area is 88.7 Å². The zero-order valence-electron chi connectivity index (χ0n) is 7.51. The van der Waals surface area contributed by atoms with Gasteiger partial charge in [0.1, 0.15) is 17.7 Å². The number of aromatic carboxylic acids is 1. The van der Waals surface area contributed by atoms with E-state index in [1.807, 2.05) is 0 Å². The average Bonchev–Trinajstić information content (AvgIpc) is 2.86. The van der Waals surface area contributed by atoms with Gasteiger partial charge < -0.3 is 9.52 Å². The highest BCUT2D eigenvalue weighted by Crippen LogP contribution is 2.21. The van der Waals surface area contributed by atoms with E-state index < -0.39 is 5.97 Å². The molecule has 0 fully saturated rings. The number of carboxylic acid groups (broad SMARTS) is 1. The van der Waals surface area contributed by atoms with Crippen LogP contribution in [0.2, 0.25) is 0 Å². The Hall–Kier alpha value is -1.76. The van der Waals surface area contributed by atoms with Crippen LogP contribution in [-0.2, 0) is 5.75 Å². The van der Waals surface area contributed by atoms with Crippen molar-refractivity contribution in [3.63, 3.8) is 0 Å². The Kier molecular flexibility index (Phi) is 2.72. The molecule has 0 radical (unpaired) electrons. The van der Waals surface area contributed by atoms with Gasteiger partial charge in [-0.05, 0) is 6.07 Å². The molecule has 2 aromatic rings. The molecule has 0 saturated heterocycles. The maximum Gasteiger partial charge on any atom is 0.339 e. The predicted molar refractivity (Wildman–Crippen MR) is 51.6 cm³/mol. The molecule has 6 nitrogen and oxygen atoms in total. The Balaban J connectivity index is 2.05. The third-order valence-electron chi connectivity index (χ3n) is 1.71. The summed E-state index contributed by atoms with van der Waals surface area (Å²) >= 11 is 1.33. The summed E-state index contributed by atoms with van der Waals surface area (Å²) in [6, 6.07) is 1.43. The van der Waals surface area contributed by atoms with Crippen LogP contribution < -0.4 is 0 Å². The first kappa shape index (κ1) is 9.78. The van der Waals surface area contributed by atoms with Gasteiger partial charge in [0.05, 0.1) is 12.0 Å². The zero-order valence-corrected chi connectivity index (χ0v) is 8.32. The fourth-order valence-electron chi connectivity index (χ4n) is 1.04. The third-order valence-corrected chi connectivity index (χ3v) is 2.59. The van der Waals surface area contributed by atoms with Gasteiger partial charge in [-0.2, -0.15) is 5.10 Å². The van der Waals surface area contributed by atoms with E-state index >= 15 is 0 Å². The lowest BCUT2D eigenvalue weighted by atomic mass is 10.3. The van der Waals surface area contributed by atoms with E-state index in [1.54, 1.807) is 0 Å². The number of rotatable bonds is 4. The van der Waals surface area contributed by atoms with E-state index in [0.29, 0.717) is 16.7 Å². The van der Waals surface area contributed by atoms with Crippen LogP contribution in [0.25, 0.3) is 0 Å². The lowest BCUT2D eigenvalue weighted by molar-refractivity contribution is 0.0695. The Morgan fingerprint density at radius 2 is 2.53 bits per heavy atom. The number of carboxylic acids is 1. The molecular weight excluding hydrogens is 218 g/mol. The number of nitrogens with one attached hydrogen (secondary N) is 1. The first-order valence-corrected chi connectivity index (χ1v) is 5.04. The molecule has 0 spiro atoms. The van der Waals surface area contributed by atoms with Gasteiger partial charge >= 0.3 is 5.97 Å². The maximum absolute atomic E-state index is 10.7. The molecule has 2 N–H and O–H groups in total. The van der Waals surface area contributed by atoms with Crippen molar-refractivity contribution in [2.75, 3.05) is 0 Å². The molecule has 0 unspecified atom stereocenters. The second kappa shape index (κ2) is 4.18. The second-order valence-electron chi connectivity index (χ2n) is 2.64. The Morgan fingerprint density at radius 1 is 1.67 bits per heavy atom. The molecule has 0 amide bonds. The molecule has 0 atom stereocenters. The fraction of sp³-hybridized carbons (Fsp3) is 0.125. The van der Waals surface area contributed by atoms with Crippen LogP contribution in [-0.4, -0.2) is 26.3 Å². The zero-order chi connectivity index (χ0) is 10.7. The average molecular weight is 225 g/mol. The van der Waals surface area contributed by atoms with E-state index in [-0.39, 0.29) is 5.56 Å². The summed E-state index contributed by atoms with van der Waals surface area (Å²) in [5, 5.41) is 15.8. The van der Waals surface area contributed by atoms with E-state index in [1.165, 1.54) is 30.4 Å². The fourth-order valence-corrected chi connectivity index (χ4v) is 1.77. The van der Waals surface area contributed by atoms with E-state index in [2.05, 4.69) is 15.2 Å². The molecule has 2 heterocycles. The largest absolute Gasteiger partial charge is 0.478 e. The van der Waals surface area contributed by atoms with E-state index in [0.717, 1.165) is 0 Å². The van der Waals surface area contributed by atoms with Crippen LogP contribution in [0, 0.1) is 0 Å². The van der Waals surface area contributed by atoms with Gasteiger partial charge in [-0.1, -0.05) is 11.8 Å². The van der Waals surface area contributed by atoms with Crippen LogP contribution in [0.1, 0.15) is 16.1 Å². The van der Waals surface area contributed by atoms with Gasteiger partial charge in [0.15, 0.2) is 5.16 Å². The molecule has 0 aliphatic rings. The summed E-state index contributed by atoms with van der Waals surface area (Å²) in [7, 11) is 0. The standard InChI is InChI=1S/C8H7N3O3S/c12-7(13)5-1-2-14-6(5)3-15-8-9-4-10-11-8/h1-2,4H,3H2,(H,12,13)(H,9,10,11). The van der Waals surface area contributed by atoms with Crippen LogP contribution in [0.4, 0.5) is 0 Å². The highest BCUT2D eigenvalue weighted by molar-refractivity contribution is 7.98. The lowest BCUT2D eigenvalue weighted by Gasteiger charge is -1.96. The minimum atomic E-state index is -0.989. The minimum Gasteiger partial charge on any atom is -0.478 e. The van der Waals surface area contributed by atoms with Crippen molar-refractivity contribution in [1.82, 2.24) is 15.2 Å². The second-order valence-corrected chi connectivity index (χ2v) is 3.61. The summed E-state index contributed by atoms with van der Waals surface area (Å²) < 4.78 is 5.06. The molecule has 2 rings (SSSR count). The van der Waals surface area contributed by atoms with Crippen LogP contribution in [0.15, 0.2) is 28.2 Å². The Bertz CT molecular complexity index is 451. The van der Waals surface area contributed by atoms with Gasteiger partial charge in [-0.3, -0.25) is 5.10 Å². The molecule has 0 bridgehead atoms. The smallest absolute Gasteiger partial charge is 0.339 e. The van der Waals surface area contributed by atoms with Crippen molar-refractivity contribution in [3.05, 3.63) is 30.0 Å². The number of hydrogen-bond acceptors (Lipinski definition) is 5. The highest BCUT2D eigenvalue weighted by atomic mass is 32.2. The van der Waals surface area contributed by atoms with Gasteiger partial charge in [-0.15, -0.1) is 0 Å². The molecule has 78 valence electrons.